The Morgan fingerprint density at radius 2 is 2.30 bits per heavy atom. The van der Waals surface area contributed by atoms with Gasteiger partial charge in [-0.05, 0) is 24.6 Å². The molecule has 0 saturated heterocycles. The smallest absolute Gasteiger partial charge is 0.228 e. The molecule has 20 heavy (non-hydrogen) atoms. The Bertz CT molecular complexity index is 677. The molecular formula is C13H16N6O. The molecule has 1 atom stereocenters. The Balaban J connectivity index is 1.87. The van der Waals surface area contributed by atoms with Gasteiger partial charge in [0.15, 0.2) is 5.82 Å². The van der Waals surface area contributed by atoms with Crippen LogP contribution < -0.4 is 16.4 Å². The summed E-state index contributed by atoms with van der Waals surface area (Å²) in [7, 11) is 1.89. The van der Waals surface area contributed by atoms with E-state index in [1.165, 1.54) is 0 Å². The molecule has 2 heterocycles. The zero-order valence-electron chi connectivity index (χ0n) is 11.3. The van der Waals surface area contributed by atoms with Crippen LogP contribution in [-0.4, -0.2) is 20.7 Å². The minimum absolute atomic E-state index is 0.00194. The Hall–Kier alpha value is -2.57. The number of nitrogens with zero attached hydrogens (tertiary/aromatic N) is 3. The van der Waals surface area contributed by atoms with Gasteiger partial charge in [-0.3, -0.25) is 4.79 Å². The van der Waals surface area contributed by atoms with Gasteiger partial charge in [0.05, 0.1) is 23.8 Å². The van der Waals surface area contributed by atoms with E-state index in [4.69, 9.17) is 5.73 Å². The summed E-state index contributed by atoms with van der Waals surface area (Å²) in [6, 6.07) is 3.65. The van der Waals surface area contributed by atoms with E-state index in [2.05, 4.69) is 20.8 Å². The number of carbonyl (C=O) groups excluding carboxylic acids is 1. The normalized spacial score (nSPS) is 14.8. The number of hydrogen-bond donors (Lipinski definition) is 3. The number of aromatic nitrogens is 3. The highest BCUT2D eigenvalue weighted by atomic mass is 16.1. The van der Waals surface area contributed by atoms with Crippen molar-refractivity contribution in [2.45, 2.75) is 19.4 Å². The molecule has 0 spiro atoms. The first-order valence-corrected chi connectivity index (χ1v) is 6.37. The van der Waals surface area contributed by atoms with E-state index in [1.54, 1.807) is 6.33 Å². The fourth-order valence-electron chi connectivity index (χ4n) is 2.40. The van der Waals surface area contributed by atoms with E-state index in [0.717, 1.165) is 22.8 Å². The third-order valence-corrected chi connectivity index (χ3v) is 3.41. The van der Waals surface area contributed by atoms with Crippen LogP contribution in [0.15, 0.2) is 18.5 Å². The summed E-state index contributed by atoms with van der Waals surface area (Å²) >= 11 is 0. The Labute approximate surface area is 116 Å². The first-order chi connectivity index (χ1) is 9.54. The summed E-state index contributed by atoms with van der Waals surface area (Å²) in [6.45, 7) is 1.98. The molecule has 7 nitrogen and oxygen atoms in total. The third kappa shape index (κ3) is 2.07. The number of benzene rings is 1. The monoisotopic (exact) mass is 272 g/mol. The molecule has 2 aromatic rings. The number of hydrogen-bond acceptors (Lipinski definition) is 5. The quantitative estimate of drug-likeness (QED) is 0.726. The van der Waals surface area contributed by atoms with Gasteiger partial charge in [-0.15, -0.1) is 10.2 Å². The van der Waals surface area contributed by atoms with Crippen molar-refractivity contribution >= 4 is 23.0 Å². The van der Waals surface area contributed by atoms with Gasteiger partial charge in [-0.2, -0.15) is 0 Å². The fraction of sp³-hybridized carbons (Fsp3) is 0.308. The van der Waals surface area contributed by atoms with Crippen molar-refractivity contribution in [3.63, 3.8) is 0 Å². The second-order valence-electron chi connectivity index (χ2n) is 4.99. The average molecular weight is 272 g/mol. The van der Waals surface area contributed by atoms with Gasteiger partial charge in [0.1, 0.15) is 6.33 Å². The van der Waals surface area contributed by atoms with Crippen molar-refractivity contribution in [3.05, 3.63) is 29.8 Å². The maximum absolute atomic E-state index is 11.4. The van der Waals surface area contributed by atoms with Crippen LogP contribution in [0.2, 0.25) is 0 Å². The number of fused-ring (bicyclic) bond motifs is 1. The van der Waals surface area contributed by atoms with E-state index in [1.807, 2.05) is 30.7 Å². The van der Waals surface area contributed by atoms with Crippen LogP contribution in [0.25, 0.3) is 0 Å². The molecular weight excluding hydrogens is 256 g/mol. The first kappa shape index (κ1) is 12.5. The van der Waals surface area contributed by atoms with Crippen LogP contribution in [0.1, 0.15) is 24.4 Å². The van der Waals surface area contributed by atoms with Crippen LogP contribution in [0.5, 0.6) is 0 Å². The van der Waals surface area contributed by atoms with E-state index in [0.29, 0.717) is 12.1 Å². The molecule has 1 aliphatic rings. The van der Waals surface area contributed by atoms with Gasteiger partial charge in [0, 0.05) is 12.7 Å². The minimum Gasteiger partial charge on any atom is -0.397 e. The van der Waals surface area contributed by atoms with Crippen molar-refractivity contribution < 1.29 is 4.79 Å². The number of nitrogen functional groups attached to an aromatic ring is 1. The topological polar surface area (TPSA) is 97.9 Å². The van der Waals surface area contributed by atoms with Crippen LogP contribution in [0.4, 0.5) is 17.1 Å². The zero-order chi connectivity index (χ0) is 14.3. The lowest BCUT2D eigenvalue weighted by atomic mass is 10.1. The average Bonchev–Trinajstić information content (AvgIpc) is 2.94. The highest BCUT2D eigenvalue weighted by Gasteiger charge is 2.20. The predicted octanol–water partition coefficient (Wildman–Crippen LogP) is 1.06. The Kier molecular flexibility index (Phi) is 2.81. The molecule has 1 aliphatic heterocycles. The molecule has 0 fully saturated rings. The van der Waals surface area contributed by atoms with Gasteiger partial charge in [0.2, 0.25) is 5.91 Å². The molecule has 0 bridgehead atoms. The third-order valence-electron chi connectivity index (χ3n) is 3.41. The minimum atomic E-state index is -0.0417. The fourth-order valence-corrected chi connectivity index (χ4v) is 2.40. The second kappa shape index (κ2) is 4.52. The van der Waals surface area contributed by atoms with E-state index < -0.39 is 0 Å². The Morgan fingerprint density at radius 3 is 3.00 bits per heavy atom. The summed E-state index contributed by atoms with van der Waals surface area (Å²) in [5.74, 6) is 0.812. The second-order valence-corrected chi connectivity index (χ2v) is 4.99. The highest BCUT2D eigenvalue weighted by Crippen LogP contribution is 2.33. The summed E-state index contributed by atoms with van der Waals surface area (Å²) in [6.07, 6.45) is 2.04. The van der Waals surface area contributed by atoms with Gasteiger partial charge in [-0.25, -0.2) is 0 Å². The van der Waals surface area contributed by atoms with Crippen molar-refractivity contribution in [1.82, 2.24) is 14.8 Å². The number of nitrogens with two attached hydrogens (primary N) is 1. The van der Waals surface area contributed by atoms with Crippen molar-refractivity contribution in [2.75, 3.05) is 16.4 Å². The van der Waals surface area contributed by atoms with Gasteiger partial charge < -0.3 is 20.9 Å². The van der Waals surface area contributed by atoms with E-state index in [9.17, 15) is 4.79 Å². The van der Waals surface area contributed by atoms with Crippen LogP contribution in [-0.2, 0) is 18.3 Å². The molecule has 4 N–H and O–H groups in total. The SMILES string of the molecule is CC(Nc1cc2c(cc1N)CC(=O)N2)c1nncn1C. The van der Waals surface area contributed by atoms with Crippen molar-refractivity contribution in [1.29, 1.82) is 0 Å². The van der Waals surface area contributed by atoms with Gasteiger partial charge in [-0.1, -0.05) is 0 Å². The zero-order valence-corrected chi connectivity index (χ0v) is 11.3. The number of carbonyl (C=O) groups is 1. The van der Waals surface area contributed by atoms with E-state index >= 15 is 0 Å². The summed E-state index contributed by atoms with van der Waals surface area (Å²) < 4.78 is 1.85. The summed E-state index contributed by atoms with van der Waals surface area (Å²) in [4.78, 5) is 11.4. The summed E-state index contributed by atoms with van der Waals surface area (Å²) in [5, 5.41) is 14.0. The number of rotatable bonds is 3. The number of aryl methyl sites for hydroxylation is 1. The van der Waals surface area contributed by atoms with Gasteiger partial charge >= 0.3 is 0 Å². The lowest BCUT2D eigenvalue weighted by molar-refractivity contribution is -0.115. The van der Waals surface area contributed by atoms with Crippen LogP contribution >= 0.6 is 0 Å². The molecule has 0 aliphatic carbocycles. The molecule has 1 aromatic heterocycles. The van der Waals surface area contributed by atoms with Crippen molar-refractivity contribution in [2.24, 2.45) is 7.05 Å². The Morgan fingerprint density at radius 1 is 1.50 bits per heavy atom. The van der Waals surface area contributed by atoms with Crippen molar-refractivity contribution in [3.8, 4) is 0 Å². The first-order valence-electron chi connectivity index (χ1n) is 6.37. The van der Waals surface area contributed by atoms with Gasteiger partial charge in [0.25, 0.3) is 0 Å². The molecule has 3 rings (SSSR count). The van der Waals surface area contributed by atoms with Crippen LogP contribution in [0.3, 0.4) is 0 Å². The molecule has 104 valence electrons. The molecule has 0 saturated carbocycles. The molecule has 1 unspecified atom stereocenters. The molecule has 1 aromatic carbocycles. The highest BCUT2D eigenvalue weighted by molar-refractivity contribution is 6.00. The predicted molar refractivity (Wildman–Crippen MR) is 76.2 cm³/mol. The summed E-state index contributed by atoms with van der Waals surface area (Å²) in [5.41, 5.74) is 9.18. The largest absolute Gasteiger partial charge is 0.397 e. The number of amides is 1. The van der Waals surface area contributed by atoms with E-state index in [-0.39, 0.29) is 11.9 Å². The molecule has 1 amide bonds. The molecule has 7 heteroatoms. The van der Waals surface area contributed by atoms with Crippen LogP contribution in [0, 0.1) is 0 Å². The maximum atomic E-state index is 11.4. The number of anilines is 3. The standard InChI is InChI=1S/C13H16N6O/c1-7(13-18-15-6-19(13)2)16-11-5-10-8(3-9(11)14)4-12(20)17-10/h3,5-7,16H,4,14H2,1-2H3,(H,17,20). The lowest BCUT2D eigenvalue weighted by Gasteiger charge is -2.17. The maximum Gasteiger partial charge on any atom is 0.228 e. The lowest BCUT2D eigenvalue weighted by Crippen LogP contribution is -2.13. The number of nitrogens with one attached hydrogen (secondary N) is 2. The molecule has 0 radical (unpaired) electrons.